The van der Waals surface area contributed by atoms with Gasteiger partial charge in [-0.3, -0.25) is 0 Å². The molecule has 4 heteroatoms. The number of halogens is 1. The zero-order valence-electron chi connectivity index (χ0n) is 16.3. The second-order valence-electron chi connectivity index (χ2n) is 6.69. The summed E-state index contributed by atoms with van der Waals surface area (Å²) in [7, 11) is 0. The van der Waals surface area contributed by atoms with Gasteiger partial charge in [0.1, 0.15) is 5.82 Å². The Morgan fingerprint density at radius 3 is 2.07 bits per heavy atom. The molecule has 0 spiro atoms. The van der Waals surface area contributed by atoms with Gasteiger partial charge in [0.2, 0.25) is 0 Å². The molecular formula is C26H21BrFeN2+2. The Morgan fingerprint density at radius 2 is 1.40 bits per heavy atom. The quantitative estimate of drug-likeness (QED) is 0.382. The van der Waals surface area contributed by atoms with Gasteiger partial charge in [-0.1, -0.05) is 46.3 Å². The van der Waals surface area contributed by atoms with Gasteiger partial charge in [-0.15, -0.1) is 0 Å². The van der Waals surface area contributed by atoms with Gasteiger partial charge >= 0.3 is 17.1 Å². The van der Waals surface area contributed by atoms with Gasteiger partial charge in [0, 0.05) is 16.9 Å². The molecule has 10 radical (unpaired) electrons. The number of para-hydroxylation sites is 2. The fourth-order valence-corrected chi connectivity index (χ4v) is 3.42. The van der Waals surface area contributed by atoms with Crippen LogP contribution in [0.25, 0.3) is 23.2 Å². The molecule has 0 unspecified atom stereocenters. The number of nitrogens with zero attached hydrogens (tertiary/aromatic N) is 2. The molecule has 2 aromatic carbocycles. The maximum Gasteiger partial charge on any atom is 2.00 e. The first-order valence-electron chi connectivity index (χ1n) is 9.56. The van der Waals surface area contributed by atoms with Crippen LogP contribution < -0.4 is 0 Å². The smallest absolute Gasteiger partial charge is 0.324 e. The number of aromatic nitrogens is 2. The summed E-state index contributed by atoms with van der Waals surface area (Å²) >= 11 is 3.47. The minimum absolute atomic E-state index is 0. The first-order chi connectivity index (χ1) is 14.3. The average Bonchev–Trinajstić information content (AvgIpc) is 3.52. The first-order valence-corrected chi connectivity index (χ1v) is 10.3. The van der Waals surface area contributed by atoms with Gasteiger partial charge in [-0.25, -0.2) is 4.98 Å². The number of benzene rings is 2. The second-order valence-corrected chi connectivity index (χ2v) is 7.60. The molecule has 3 aromatic rings. The molecule has 2 aliphatic rings. The minimum atomic E-state index is 0. The molecule has 0 saturated heterocycles. The largest absolute Gasteiger partial charge is 2.00 e. The average molecular weight is 497 g/mol. The van der Waals surface area contributed by atoms with E-state index in [1.807, 2.05) is 50.3 Å². The third kappa shape index (κ3) is 6.32. The summed E-state index contributed by atoms with van der Waals surface area (Å²) < 4.78 is 3.35. The van der Waals surface area contributed by atoms with Gasteiger partial charge < -0.3 is 4.57 Å². The molecule has 1 heterocycles. The predicted octanol–water partition coefficient (Wildman–Crippen LogP) is 6.39. The van der Waals surface area contributed by atoms with Crippen LogP contribution in [0.15, 0.2) is 53.0 Å². The first kappa shape index (κ1) is 23.3. The van der Waals surface area contributed by atoms with Crippen molar-refractivity contribution in [1.82, 2.24) is 9.55 Å². The topological polar surface area (TPSA) is 17.8 Å². The molecule has 2 nitrogen and oxygen atoms in total. The monoisotopic (exact) mass is 496 g/mol. The van der Waals surface area contributed by atoms with Crippen LogP contribution in [0.1, 0.15) is 11.4 Å². The molecule has 1 aromatic heterocycles. The van der Waals surface area contributed by atoms with Crippen LogP contribution >= 0.6 is 15.9 Å². The molecule has 0 bridgehead atoms. The maximum absolute atomic E-state index is 4.79. The maximum atomic E-state index is 4.79. The number of rotatable bonds is 4. The fraction of sp³-hybridized carbons (Fsp3) is 0.0385. The van der Waals surface area contributed by atoms with E-state index in [9.17, 15) is 0 Å². The summed E-state index contributed by atoms with van der Waals surface area (Å²) in [5.74, 6) is 2.26. The van der Waals surface area contributed by atoms with E-state index in [4.69, 9.17) is 4.98 Å². The van der Waals surface area contributed by atoms with Gasteiger partial charge in [0.25, 0.3) is 0 Å². The van der Waals surface area contributed by atoms with Gasteiger partial charge in [0.05, 0.1) is 11.0 Å². The van der Waals surface area contributed by atoms with Gasteiger partial charge in [-0.05, 0) is 93.7 Å². The van der Waals surface area contributed by atoms with Gasteiger partial charge in [0.15, 0.2) is 0 Å². The van der Waals surface area contributed by atoms with Crippen LogP contribution in [0.3, 0.4) is 0 Å². The summed E-state index contributed by atoms with van der Waals surface area (Å²) in [6.45, 7) is 0.827. The third-order valence-corrected chi connectivity index (χ3v) is 5.14. The van der Waals surface area contributed by atoms with Crippen molar-refractivity contribution >= 4 is 39.1 Å². The van der Waals surface area contributed by atoms with E-state index in [1.54, 1.807) is 0 Å². The molecule has 2 fully saturated rings. The summed E-state index contributed by atoms with van der Waals surface area (Å²) in [6, 6.07) is 16.6. The summed E-state index contributed by atoms with van der Waals surface area (Å²) in [5, 5.41) is 0. The van der Waals surface area contributed by atoms with Crippen LogP contribution in [0.4, 0.5) is 0 Å². The van der Waals surface area contributed by atoms with Crippen molar-refractivity contribution in [3.63, 3.8) is 0 Å². The predicted molar refractivity (Wildman–Crippen MR) is 125 cm³/mol. The van der Waals surface area contributed by atoms with Crippen LogP contribution in [-0.4, -0.2) is 9.55 Å². The Morgan fingerprint density at radius 1 is 0.767 bits per heavy atom. The van der Waals surface area contributed by atoms with Crippen LogP contribution in [-0.2, 0) is 23.6 Å². The molecule has 148 valence electrons. The van der Waals surface area contributed by atoms with Crippen molar-refractivity contribution in [2.24, 2.45) is 0 Å². The Hall–Kier alpha value is -1.35. The van der Waals surface area contributed by atoms with E-state index in [0.717, 1.165) is 33.4 Å². The van der Waals surface area contributed by atoms with Crippen LogP contribution in [0.5, 0.6) is 0 Å². The number of fused-ring (bicyclic) bond motifs is 1. The molecule has 2 saturated carbocycles. The molecule has 0 amide bonds. The summed E-state index contributed by atoms with van der Waals surface area (Å²) in [6.07, 6.45) is 22.6. The zero-order chi connectivity index (χ0) is 19.9. The van der Waals surface area contributed by atoms with Gasteiger partial charge in [-0.2, -0.15) is 0 Å². The number of hydrogen-bond donors (Lipinski definition) is 0. The van der Waals surface area contributed by atoms with Crippen molar-refractivity contribution in [1.29, 1.82) is 0 Å². The summed E-state index contributed by atoms with van der Waals surface area (Å²) in [5.41, 5.74) is 3.35. The van der Waals surface area contributed by atoms with E-state index in [2.05, 4.69) is 88.7 Å². The van der Waals surface area contributed by atoms with E-state index in [-0.39, 0.29) is 17.1 Å². The fourth-order valence-electron chi connectivity index (χ4n) is 3.15. The van der Waals surface area contributed by atoms with E-state index < -0.39 is 0 Å². The SMILES string of the molecule is Brc1ccc(/C=C/c2nc3ccccc3n2C[C]2[CH][CH][CH][CH]2)cc1.[CH]1[CH][CH][CH][CH]1.[Fe+2]. The van der Waals surface area contributed by atoms with Crippen molar-refractivity contribution in [2.45, 2.75) is 6.54 Å². The van der Waals surface area contributed by atoms with Crippen molar-refractivity contribution in [3.05, 3.63) is 128 Å². The molecular weight excluding hydrogens is 476 g/mol. The standard InChI is InChI=1S/C21H16BrN2.C5H5.Fe/c22-18-12-9-16(10-13-18)11-14-21-23-19-7-3-4-8-20(19)24(21)15-17-5-1-2-6-17;1-2-4-5-3-1;/h1-14H,15H2;1-5H;/q;;+2/b14-11+;;. The van der Waals surface area contributed by atoms with E-state index >= 15 is 0 Å². The molecule has 5 rings (SSSR count). The van der Waals surface area contributed by atoms with Crippen molar-refractivity contribution in [2.75, 3.05) is 0 Å². The zero-order valence-corrected chi connectivity index (χ0v) is 19.0. The number of imidazole rings is 1. The molecule has 2 aliphatic carbocycles. The Balaban J connectivity index is 0.000000376. The van der Waals surface area contributed by atoms with E-state index in [0.29, 0.717) is 0 Å². The van der Waals surface area contributed by atoms with Crippen molar-refractivity contribution < 1.29 is 17.1 Å². The van der Waals surface area contributed by atoms with Crippen LogP contribution in [0.2, 0.25) is 0 Å². The molecule has 0 N–H and O–H groups in total. The van der Waals surface area contributed by atoms with Crippen LogP contribution in [0, 0.1) is 63.7 Å². The molecule has 0 atom stereocenters. The molecule has 30 heavy (non-hydrogen) atoms. The Bertz CT molecular complexity index is 928. The molecule has 0 aliphatic heterocycles. The van der Waals surface area contributed by atoms with Crippen molar-refractivity contribution in [3.8, 4) is 0 Å². The third-order valence-electron chi connectivity index (χ3n) is 4.61. The van der Waals surface area contributed by atoms with E-state index in [1.165, 1.54) is 5.92 Å². The second kappa shape index (κ2) is 11.9. The summed E-state index contributed by atoms with van der Waals surface area (Å²) in [4.78, 5) is 4.79. The Labute approximate surface area is 199 Å². The number of hydrogen-bond acceptors (Lipinski definition) is 1. The Kier molecular flexibility index (Phi) is 9.24. The minimum Gasteiger partial charge on any atom is -0.324 e. The normalized spacial score (nSPS) is 16.6.